The second-order valence-corrected chi connectivity index (χ2v) is 12.8. The number of benzene rings is 9. The van der Waals surface area contributed by atoms with Crippen LogP contribution in [0, 0.1) is 0 Å². The number of hydrogen-bond donors (Lipinski definition) is 0. The van der Waals surface area contributed by atoms with E-state index in [0.717, 1.165) is 38.8 Å². The quantitative estimate of drug-likeness (QED) is 0.178. The normalized spacial score (nSPS) is 12.2. The molecule has 2 nitrogen and oxygen atoms in total. The van der Waals surface area contributed by atoms with Crippen LogP contribution in [0.5, 0.6) is 0 Å². The molecule has 2 aromatic heterocycles. The van der Waals surface area contributed by atoms with E-state index in [1.165, 1.54) is 64.9 Å². The van der Waals surface area contributed by atoms with Crippen molar-refractivity contribution in [1.29, 1.82) is 0 Å². The van der Waals surface area contributed by atoms with Gasteiger partial charge in [0.25, 0.3) is 0 Å². The molecule has 0 saturated carbocycles. The minimum atomic E-state index is 0.910. The van der Waals surface area contributed by atoms with Crippen molar-refractivity contribution in [2.24, 2.45) is 0 Å². The summed E-state index contributed by atoms with van der Waals surface area (Å²) in [6.45, 7) is 0. The summed E-state index contributed by atoms with van der Waals surface area (Å²) >= 11 is 0. The highest BCUT2D eigenvalue weighted by Crippen LogP contribution is 2.45. The molecule has 0 saturated heterocycles. The number of aromatic nitrogens is 1. The molecule has 0 radical (unpaired) electrons. The Morgan fingerprint density at radius 3 is 1.73 bits per heavy atom. The van der Waals surface area contributed by atoms with Crippen LogP contribution >= 0.6 is 0 Å². The van der Waals surface area contributed by atoms with Crippen LogP contribution in [0.15, 0.2) is 168 Å². The number of furan rings is 1. The Labute approximate surface area is 275 Å². The summed E-state index contributed by atoms with van der Waals surface area (Å²) < 4.78 is 9.10. The molecule has 2 heteroatoms. The van der Waals surface area contributed by atoms with Crippen LogP contribution in [-0.2, 0) is 0 Å². The van der Waals surface area contributed by atoms with Gasteiger partial charge >= 0.3 is 0 Å². The fraction of sp³-hybridized carbons (Fsp3) is 0. The number of para-hydroxylation sites is 3. The summed E-state index contributed by atoms with van der Waals surface area (Å²) in [6, 6.07) is 59.5. The van der Waals surface area contributed by atoms with Crippen molar-refractivity contribution in [2.75, 3.05) is 0 Å². The van der Waals surface area contributed by atoms with E-state index in [1.807, 2.05) is 6.07 Å². The van der Waals surface area contributed by atoms with E-state index in [1.54, 1.807) is 0 Å². The number of nitrogens with zero attached hydrogens (tertiary/aromatic N) is 1. The minimum Gasteiger partial charge on any atom is -0.455 e. The van der Waals surface area contributed by atoms with Gasteiger partial charge in [-0.05, 0) is 67.4 Å². The summed E-state index contributed by atoms with van der Waals surface area (Å²) in [4.78, 5) is 0. The predicted octanol–water partition coefficient (Wildman–Crippen LogP) is 13.0. The molecule has 9 aromatic carbocycles. The summed E-state index contributed by atoms with van der Waals surface area (Å²) in [5, 5.41) is 14.9. The molecule has 48 heavy (non-hydrogen) atoms. The maximum atomic E-state index is 6.61. The van der Waals surface area contributed by atoms with E-state index in [4.69, 9.17) is 4.42 Å². The molecule has 11 aromatic rings. The van der Waals surface area contributed by atoms with Crippen LogP contribution < -0.4 is 0 Å². The van der Waals surface area contributed by atoms with E-state index in [9.17, 15) is 0 Å². The Morgan fingerprint density at radius 2 is 0.958 bits per heavy atom. The maximum absolute atomic E-state index is 6.61. The van der Waals surface area contributed by atoms with E-state index in [0.29, 0.717) is 0 Å². The molecule has 0 aliphatic heterocycles. The first kappa shape index (κ1) is 25.8. The number of rotatable bonds is 2. The lowest BCUT2D eigenvalue weighted by Crippen LogP contribution is -1.96. The van der Waals surface area contributed by atoms with Gasteiger partial charge in [-0.15, -0.1) is 0 Å². The van der Waals surface area contributed by atoms with Crippen LogP contribution in [-0.4, -0.2) is 4.57 Å². The lowest BCUT2D eigenvalue weighted by atomic mass is 9.94. The van der Waals surface area contributed by atoms with Crippen molar-refractivity contribution >= 4 is 86.8 Å². The van der Waals surface area contributed by atoms with Gasteiger partial charge in [0.15, 0.2) is 0 Å². The zero-order valence-electron chi connectivity index (χ0n) is 25.9. The van der Waals surface area contributed by atoms with Crippen LogP contribution in [0.3, 0.4) is 0 Å². The fourth-order valence-corrected chi connectivity index (χ4v) is 8.32. The average molecular weight is 610 g/mol. The molecule has 0 spiro atoms. The third-order valence-electron chi connectivity index (χ3n) is 10.4. The van der Waals surface area contributed by atoms with Crippen molar-refractivity contribution in [1.82, 2.24) is 4.57 Å². The maximum Gasteiger partial charge on any atom is 0.143 e. The van der Waals surface area contributed by atoms with Crippen LogP contribution in [0.1, 0.15) is 0 Å². The first-order chi connectivity index (χ1) is 23.8. The summed E-state index contributed by atoms with van der Waals surface area (Å²) in [5.74, 6) is 0. The Morgan fingerprint density at radius 1 is 0.375 bits per heavy atom. The number of hydrogen-bond acceptors (Lipinski definition) is 1. The molecule has 0 amide bonds. The smallest absolute Gasteiger partial charge is 0.143 e. The van der Waals surface area contributed by atoms with Gasteiger partial charge in [-0.3, -0.25) is 0 Å². The lowest BCUT2D eigenvalue weighted by Gasteiger charge is -2.15. The first-order valence-corrected chi connectivity index (χ1v) is 16.5. The van der Waals surface area contributed by atoms with Gasteiger partial charge in [0.2, 0.25) is 0 Å². The zero-order valence-corrected chi connectivity index (χ0v) is 25.9. The second-order valence-electron chi connectivity index (χ2n) is 12.8. The Balaban J connectivity index is 1.32. The molecule has 11 rings (SSSR count). The molecule has 0 aliphatic rings. The van der Waals surface area contributed by atoms with E-state index < -0.39 is 0 Å². The van der Waals surface area contributed by atoms with Crippen molar-refractivity contribution < 1.29 is 4.42 Å². The molecule has 0 unspecified atom stereocenters. The highest BCUT2D eigenvalue weighted by atomic mass is 16.3. The Kier molecular flexibility index (Phi) is 5.14. The van der Waals surface area contributed by atoms with Crippen molar-refractivity contribution in [2.45, 2.75) is 0 Å². The fourth-order valence-electron chi connectivity index (χ4n) is 8.32. The molecule has 222 valence electrons. The minimum absolute atomic E-state index is 0.910. The zero-order chi connectivity index (χ0) is 31.3. The monoisotopic (exact) mass is 609 g/mol. The molecule has 0 bridgehead atoms. The number of fused-ring (bicyclic) bond motifs is 14. The van der Waals surface area contributed by atoms with Crippen LogP contribution in [0.4, 0.5) is 0 Å². The van der Waals surface area contributed by atoms with E-state index in [-0.39, 0.29) is 0 Å². The van der Waals surface area contributed by atoms with Gasteiger partial charge in [0.05, 0.1) is 11.0 Å². The standard InChI is InChI=1S/C46H27NO/c1-2-12-30-28(11-1)23-26-42-44(30)40-21-9-18-37(39-20-10-19-38-36-17-7-8-22-43(36)48-46(38)39)45(40)47(42)29-24-25-35-33-15-4-3-13-31(33)32-14-5-6-16-34(32)41(35)27-29/h1-27H. The van der Waals surface area contributed by atoms with Gasteiger partial charge in [0, 0.05) is 38.4 Å². The van der Waals surface area contributed by atoms with Gasteiger partial charge in [-0.25, -0.2) is 0 Å². The summed E-state index contributed by atoms with van der Waals surface area (Å²) in [6.07, 6.45) is 0. The van der Waals surface area contributed by atoms with Gasteiger partial charge < -0.3 is 8.98 Å². The highest BCUT2D eigenvalue weighted by Gasteiger charge is 2.21. The van der Waals surface area contributed by atoms with Crippen molar-refractivity contribution in [3.8, 4) is 16.8 Å². The molecule has 0 aliphatic carbocycles. The largest absolute Gasteiger partial charge is 0.455 e. The molecular weight excluding hydrogens is 583 g/mol. The molecule has 0 atom stereocenters. The third-order valence-corrected chi connectivity index (χ3v) is 10.4. The highest BCUT2D eigenvalue weighted by molar-refractivity contribution is 6.27. The van der Waals surface area contributed by atoms with Crippen LogP contribution in [0.25, 0.3) is 104 Å². The summed E-state index contributed by atoms with van der Waals surface area (Å²) in [5.41, 5.74) is 7.60. The SMILES string of the molecule is c1ccc2c(c1)ccc1c2c2cccc(-c3cccc4c3oc3ccccc34)c2n1-c1ccc2c3ccccc3c3ccccc3c2c1. The molecular formula is C46H27NO. The lowest BCUT2D eigenvalue weighted by molar-refractivity contribution is 0.670. The van der Waals surface area contributed by atoms with Gasteiger partial charge in [-0.2, -0.15) is 0 Å². The molecule has 0 fully saturated rings. The topological polar surface area (TPSA) is 18.1 Å². The Hall–Kier alpha value is -6.38. The molecule has 0 N–H and O–H groups in total. The van der Waals surface area contributed by atoms with E-state index in [2.05, 4.69) is 162 Å². The molecule has 2 heterocycles. The predicted molar refractivity (Wildman–Crippen MR) is 204 cm³/mol. The average Bonchev–Trinajstić information content (AvgIpc) is 3.71. The van der Waals surface area contributed by atoms with Crippen molar-refractivity contribution in [3.05, 3.63) is 164 Å². The Bertz CT molecular complexity index is 3090. The summed E-state index contributed by atoms with van der Waals surface area (Å²) in [7, 11) is 0. The third kappa shape index (κ3) is 3.41. The van der Waals surface area contributed by atoms with Crippen LogP contribution in [0.2, 0.25) is 0 Å². The van der Waals surface area contributed by atoms with E-state index >= 15 is 0 Å². The first-order valence-electron chi connectivity index (χ1n) is 16.5. The van der Waals surface area contributed by atoms with Crippen molar-refractivity contribution in [3.63, 3.8) is 0 Å². The van der Waals surface area contributed by atoms with Gasteiger partial charge in [-0.1, -0.05) is 140 Å². The second kappa shape index (κ2) is 9.57. The van der Waals surface area contributed by atoms with Gasteiger partial charge in [0.1, 0.15) is 11.2 Å².